The van der Waals surface area contributed by atoms with Crippen molar-refractivity contribution in [2.24, 2.45) is 0 Å². The number of hydrogen-bond acceptors (Lipinski definition) is 6. The molecular formula is C25H20ClN3O3S. The van der Waals surface area contributed by atoms with Crippen molar-refractivity contribution in [3.63, 3.8) is 0 Å². The van der Waals surface area contributed by atoms with Crippen molar-refractivity contribution in [1.82, 2.24) is 14.8 Å². The van der Waals surface area contributed by atoms with Gasteiger partial charge < -0.3 is 8.83 Å². The number of nitrogens with zero attached hydrogens (tertiary/aromatic N) is 3. The predicted octanol–water partition coefficient (Wildman–Crippen LogP) is 6.26. The van der Waals surface area contributed by atoms with Crippen LogP contribution in [0.25, 0.3) is 22.4 Å². The molecule has 0 aliphatic carbocycles. The molecule has 0 amide bonds. The molecule has 0 aliphatic rings. The minimum Gasteiger partial charge on any atom is -0.469 e. The summed E-state index contributed by atoms with van der Waals surface area (Å²) in [4.78, 5) is 12.2. The van der Waals surface area contributed by atoms with Crippen molar-refractivity contribution < 1.29 is 8.83 Å². The largest absolute Gasteiger partial charge is 0.469 e. The zero-order valence-electron chi connectivity index (χ0n) is 18.0. The summed E-state index contributed by atoms with van der Waals surface area (Å²) >= 11 is 7.86. The van der Waals surface area contributed by atoms with Crippen LogP contribution in [0.15, 0.2) is 79.6 Å². The van der Waals surface area contributed by atoms with E-state index in [0.717, 1.165) is 44.4 Å². The molecule has 0 saturated carbocycles. The first-order valence-corrected chi connectivity index (χ1v) is 11.7. The van der Waals surface area contributed by atoms with Gasteiger partial charge in [-0.15, -0.1) is 10.2 Å². The molecular weight excluding hydrogens is 458 g/mol. The lowest BCUT2D eigenvalue weighted by atomic mass is 10.1. The molecule has 0 unspecified atom stereocenters. The molecule has 0 bridgehead atoms. The van der Waals surface area contributed by atoms with E-state index in [0.29, 0.717) is 22.9 Å². The Kier molecular flexibility index (Phi) is 5.83. The molecule has 3 heterocycles. The molecule has 166 valence electrons. The molecule has 0 saturated heterocycles. The highest BCUT2D eigenvalue weighted by Gasteiger charge is 2.19. The van der Waals surface area contributed by atoms with Gasteiger partial charge >= 0.3 is 5.63 Å². The van der Waals surface area contributed by atoms with Crippen LogP contribution in [-0.4, -0.2) is 14.8 Å². The number of fused-ring (bicyclic) bond motifs is 1. The number of aromatic nitrogens is 3. The van der Waals surface area contributed by atoms with Crippen LogP contribution in [0.1, 0.15) is 22.5 Å². The Bertz CT molecular complexity index is 1500. The van der Waals surface area contributed by atoms with Crippen molar-refractivity contribution in [1.29, 1.82) is 0 Å². The molecule has 33 heavy (non-hydrogen) atoms. The molecule has 0 radical (unpaired) electrons. The fraction of sp³-hybridized carbons (Fsp3) is 0.160. The maximum atomic E-state index is 12.2. The maximum Gasteiger partial charge on any atom is 0.336 e. The second-order valence-electron chi connectivity index (χ2n) is 7.75. The van der Waals surface area contributed by atoms with Crippen LogP contribution in [-0.2, 0) is 12.3 Å². The van der Waals surface area contributed by atoms with Crippen LogP contribution in [0.5, 0.6) is 0 Å². The van der Waals surface area contributed by atoms with Crippen molar-refractivity contribution in [3.8, 4) is 11.4 Å². The number of furan rings is 1. The number of hydrogen-bond donors (Lipinski definition) is 0. The van der Waals surface area contributed by atoms with Crippen molar-refractivity contribution in [3.05, 3.63) is 98.8 Å². The molecule has 0 aliphatic heterocycles. The second kappa shape index (κ2) is 8.92. The standard InChI is InChI=1S/C25H20ClN3O3S/c1-15-10-22-20(12-21(15)26)18(11-23(30)32-22)14-33-25-28-27-24(19-8-9-31-16(19)2)29(25)13-17-6-4-3-5-7-17/h3-12H,13-14H2,1-2H3. The molecule has 0 fully saturated rings. The van der Waals surface area contributed by atoms with Crippen molar-refractivity contribution >= 4 is 34.3 Å². The summed E-state index contributed by atoms with van der Waals surface area (Å²) in [6, 6.07) is 17.2. The smallest absolute Gasteiger partial charge is 0.336 e. The quantitative estimate of drug-likeness (QED) is 0.212. The van der Waals surface area contributed by atoms with Gasteiger partial charge in [0.05, 0.1) is 18.4 Å². The third-order valence-electron chi connectivity index (χ3n) is 5.47. The first-order valence-electron chi connectivity index (χ1n) is 10.4. The van der Waals surface area contributed by atoms with Gasteiger partial charge in [0.1, 0.15) is 11.3 Å². The SMILES string of the molecule is Cc1cc2oc(=O)cc(CSc3nnc(-c4ccoc4C)n3Cc3ccccc3)c2cc1Cl. The summed E-state index contributed by atoms with van der Waals surface area (Å²) in [6.45, 7) is 4.40. The van der Waals surface area contributed by atoms with Gasteiger partial charge in [-0.05, 0) is 48.7 Å². The summed E-state index contributed by atoms with van der Waals surface area (Å²) in [5.41, 5.74) is 3.87. The monoisotopic (exact) mass is 477 g/mol. The fourth-order valence-electron chi connectivity index (χ4n) is 3.73. The fourth-order valence-corrected chi connectivity index (χ4v) is 4.82. The minimum absolute atomic E-state index is 0.389. The van der Waals surface area contributed by atoms with Gasteiger partial charge in [-0.25, -0.2) is 4.79 Å². The third-order valence-corrected chi connectivity index (χ3v) is 6.89. The number of rotatable bonds is 6. The van der Waals surface area contributed by atoms with Crippen LogP contribution in [0.4, 0.5) is 0 Å². The average Bonchev–Trinajstić information content (AvgIpc) is 3.39. The Labute approximate surface area is 199 Å². The van der Waals surface area contributed by atoms with Gasteiger partial charge in [-0.3, -0.25) is 4.57 Å². The van der Waals surface area contributed by atoms with Crippen LogP contribution in [0.3, 0.4) is 0 Å². The Morgan fingerprint density at radius 1 is 1.06 bits per heavy atom. The third kappa shape index (κ3) is 4.34. The lowest BCUT2D eigenvalue weighted by Gasteiger charge is -2.11. The number of aryl methyl sites for hydroxylation is 2. The number of thioether (sulfide) groups is 1. The minimum atomic E-state index is -0.389. The first-order chi connectivity index (χ1) is 16.0. The molecule has 5 aromatic rings. The lowest BCUT2D eigenvalue weighted by molar-refractivity contribution is 0.534. The van der Waals surface area contributed by atoms with E-state index in [9.17, 15) is 4.79 Å². The van der Waals surface area contributed by atoms with Crippen LogP contribution in [0.2, 0.25) is 5.02 Å². The average molecular weight is 478 g/mol. The summed E-state index contributed by atoms with van der Waals surface area (Å²) < 4.78 is 13.0. The van der Waals surface area contributed by atoms with E-state index in [2.05, 4.69) is 26.9 Å². The van der Waals surface area contributed by atoms with E-state index in [1.807, 2.05) is 44.2 Å². The topological polar surface area (TPSA) is 74.1 Å². The van der Waals surface area contributed by atoms with E-state index in [-0.39, 0.29) is 5.63 Å². The first kappa shape index (κ1) is 21.6. The molecule has 8 heteroatoms. The zero-order valence-corrected chi connectivity index (χ0v) is 19.6. The van der Waals surface area contributed by atoms with Crippen LogP contribution in [0, 0.1) is 13.8 Å². The molecule has 0 atom stereocenters. The Hall–Kier alpha value is -3.29. The number of benzene rings is 2. The van der Waals surface area contributed by atoms with Crippen molar-refractivity contribution in [2.45, 2.75) is 31.3 Å². The highest BCUT2D eigenvalue weighted by molar-refractivity contribution is 7.98. The van der Waals surface area contributed by atoms with E-state index in [1.54, 1.807) is 12.3 Å². The second-order valence-corrected chi connectivity index (χ2v) is 9.09. The van der Waals surface area contributed by atoms with Gasteiger partial charge in [0.15, 0.2) is 11.0 Å². The van der Waals surface area contributed by atoms with Gasteiger partial charge in [-0.2, -0.15) is 0 Å². The van der Waals surface area contributed by atoms with Gasteiger partial charge in [0.25, 0.3) is 0 Å². The maximum absolute atomic E-state index is 12.2. The summed E-state index contributed by atoms with van der Waals surface area (Å²) in [7, 11) is 0. The van der Waals surface area contributed by atoms with Gasteiger partial charge in [0.2, 0.25) is 0 Å². The van der Waals surface area contributed by atoms with Crippen molar-refractivity contribution in [2.75, 3.05) is 0 Å². The van der Waals surface area contributed by atoms with E-state index >= 15 is 0 Å². The van der Waals surface area contributed by atoms with Crippen LogP contribution < -0.4 is 5.63 Å². The van der Waals surface area contributed by atoms with Gasteiger partial charge in [-0.1, -0.05) is 53.7 Å². The summed E-state index contributed by atoms with van der Waals surface area (Å²) in [6.07, 6.45) is 1.65. The van der Waals surface area contributed by atoms with E-state index < -0.39 is 0 Å². The summed E-state index contributed by atoms with van der Waals surface area (Å²) in [5, 5.41) is 11.1. The Morgan fingerprint density at radius 3 is 2.64 bits per heavy atom. The molecule has 3 aromatic heterocycles. The summed E-state index contributed by atoms with van der Waals surface area (Å²) in [5.74, 6) is 2.03. The molecule has 5 rings (SSSR count). The molecule has 2 aromatic carbocycles. The molecule has 0 N–H and O–H groups in total. The highest BCUT2D eigenvalue weighted by atomic mass is 35.5. The van der Waals surface area contributed by atoms with E-state index in [4.69, 9.17) is 20.4 Å². The predicted molar refractivity (Wildman–Crippen MR) is 130 cm³/mol. The van der Waals surface area contributed by atoms with E-state index in [1.165, 1.54) is 17.8 Å². The Morgan fingerprint density at radius 2 is 1.88 bits per heavy atom. The Balaban J connectivity index is 1.53. The molecule has 6 nitrogen and oxygen atoms in total. The number of halogens is 1. The lowest BCUT2D eigenvalue weighted by Crippen LogP contribution is -2.05. The van der Waals surface area contributed by atoms with Crippen LogP contribution >= 0.6 is 23.4 Å². The molecule has 0 spiro atoms. The zero-order chi connectivity index (χ0) is 22.9. The van der Waals surface area contributed by atoms with Gasteiger partial charge in [0, 0.05) is 22.2 Å². The highest BCUT2D eigenvalue weighted by Crippen LogP contribution is 2.32. The normalized spacial score (nSPS) is 11.4.